The highest BCUT2D eigenvalue weighted by Gasteiger charge is 2.34. The van der Waals surface area contributed by atoms with Crippen LogP contribution in [0.15, 0.2) is 23.4 Å². The number of nitrogens with one attached hydrogen (secondary N) is 1. The molecule has 2 N–H and O–H groups in total. The first kappa shape index (κ1) is 18.2. The fourth-order valence-corrected chi connectivity index (χ4v) is 3.67. The number of thiazole rings is 1. The molecule has 0 radical (unpaired) electrons. The summed E-state index contributed by atoms with van der Waals surface area (Å²) in [7, 11) is 2.79. The van der Waals surface area contributed by atoms with Crippen LogP contribution < -0.4 is 10.1 Å². The fraction of sp³-hybridized carbons (Fsp3) is 0.353. The van der Waals surface area contributed by atoms with Crippen molar-refractivity contribution in [2.24, 2.45) is 0 Å². The number of nitrogens with zero attached hydrogens (tertiary/aromatic N) is 2. The number of benzene rings is 1. The minimum Gasteiger partial charge on any atom is -0.494 e. The highest BCUT2D eigenvalue weighted by molar-refractivity contribution is 7.18. The van der Waals surface area contributed by atoms with E-state index in [1.807, 2.05) is 13.0 Å². The van der Waals surface area contributed by atoms with Crippen molar-refractivity contribution >= 4 is 39.1 Å². The van der Waals surface area contributed by atoms with Gasteiger partial charge in [0.25, 0.3) is 5.91 Å². The minimum atomic E-state index is -0.588. The van der Waals surface area contributed by atoms with Crippen molar-refractivity contribution in [2.75, 3.05) is 39.2 Å². The van der Waals surface area contributed by atoms with Crippen LogP contribution in [0.25, 0.3) is 10.2 Å². The number of β-amino-alcohol motifs (C(OH)–C–C–N with tert-alkyl or cyclic N) is 1. The van der Waals surface area contributed by atoms with Gasteiger partial charge in [-0.1, -0.05) is 0 Å². The average molecular weight is 377 g/mol. The normalized spacial score (nSPS) is 14.3. The standard InChI is InChI=1S/C17H19N3O5S/c1-9-18-12-6-13(24-2)11(7-14(12)26-9)19-15-10(17(23)25-3)8-20(4-5-21)16(15)22/h6-7,19,21H,4-5,8H2,1-3H3. The van der Waals surface area contributed by atoms with E-state index in [0.29, 0.717) is 11.4 Å². The molecule has 0 fully saturated rings. The van der Waals surface area contributed by atoms with Gasteiger partial charge in [-0.05, 0) is 13.0 Å². The third kappa shape index (κ3) is 3.23. The van der Waals surface area contributed by atoms with E-state index in [0.717, 1.165) is 15.2 Å². The first-order valence-electron chi connectivity index (χ1n) is 7.92. The van der Waals surface area contributed by atoms with E-state index < -0.39 is 5.97 Å². The first-order valence-corrected chi connectivity index (χ1v) is 8.74. The summed E-state index contributed by atoms with van der Waals surface area (Å²) < 4.78 is 11.1. The Labute approximate surface area is 154 Å². The monoisotopic (exact) mass is 377 g/mol. The summed E-state index contributed by atoms with van der Waals surface area (Å²) in [6.07, 6.45) is 0. The Bertz CT molecular complexity index is 905. The van der Waals surface area contributed by atoms with E-state index in [9.17, 15) is 9.59 Å². The molecule has 1 aromatic carbocycles. The number of hydrogen-bond acceptors (Lipinski definition) is 8. The maximum Gasteiger partial charge on any atom is 0.337 e. The molecule has 0 unspecified atom stereocenters. The number of anilines is 1. The molecule has 0 saturated heterocycles. The molecule has 9 heteroatoms. The van der Waals surface area contributed by atoms with Gasteiger partial charge in [-0.2, -0.15) is 0 Å². The van der Waals surface area contributed by atoms with Gasteiger partial charge >= 0.3 is 5.97 Å². The zero-order valence-electron chi connectivity index (χ0n) is 14.7. The second-order valence-electron chi connectivity index (χ2n) is 5.67. The van der Waals surface area contributed by atoms with Gasteiger partial charge in [-0.25, -0.2) is 9.78 Å². The van der Waals surface area contributed by atoms with Crippen molar-refractivity contribution in [3.63, 3.8) is 0 Å². The van der Waals surface area contributed by atoms with Gasteiger partial charge < -0.3 is 24.8 Å². The molecule has 138 valence electrons. The Morgan fingerprint density at radius 3 is 2.85 bits per heavy atom. The molecule has 0 spiro atoms. The second-order valence-corrected chi connectivity index (χ2v) is 6.91. The van der Waals surface area contributed by atoms with E-state index in [1.165, 1.54) is 30.5 Å². The highest BCUT2D eigenvalue weighted by Crippen LogP contribution is 2.35. The molecular formula is C17H19N3O5S. The lowest BCUT2D eigenvalue weighted by atomic mass is 10.2. The van der Waals surface area contributed by atoms with E-state index >= 15 is 0 Å². The molecule has 1 amide bonds. The summed E-state index contributed by atoms with van der Waals surface area (Å²) in [5, 5.41) is 13.1. The second kappa shape index (κ2) is 7.30. The number of rotatable bonds is 6. The number of aliphatic hydroxyl groups is 1. The van der Waals surface area contributed by atoms with Gasteiger partial charge in [0.2, 0.25) is 0 Å². The van der Waals surface area contributed by atoms with Crippen molar-refractivity contribution in [1.29, 1.82) is 0 Å². The van der Waals surface area contributed by atoms with Crippen LogP contribution in [0.2, 0.25) is 0 Å². The van der Waals surface area contributed by atoms with Crippen LogP contribution in [0.5, 0.6) is 5.75 Å². The molecule has 0 saturated carbocycles. The summed E-state index contributed by atoms with van der Waals surface area (Å²) >= 11 is 1.52. The van der Waals surface area contributed by atoms with Crippen LogP contribution >= 0.6 is 11.3 Å². The van der Waals surface area contributed by atoms with Crippen molar-refractivity contribution < 1.29 is 24.2 Å². The van der Waals surface area contributed by atoms with Crippen molar-refractivity contribution in [1.82, 2.24) is 9.88 Å². The Balaban J connectivity index is 2.02. The molecule has 1 aliphatic heterocycles. The highest BCUT2D eigenvalue weighted by atomic mass is 32.1. The predicted octanol–water partition coefficient (Wildman–Crippen LogP) is 1.29. The molecule has 0 aliphatic carbocycles. The topological polar surface area (TPSA) is 101 Å². The van der Waals surface area contributed by atoms with Gasteiger partial charge in [-0.3, -0.25) is 4.79 Å². The van der Waals surface area contributed by atoms with Crippen LogP contribution in [0.4, 0.5) is 5.69 Å². The zero-order valence-corrected chi connectivity index (χ0v) is 15.5. The number of fused-ring (bicyclic) bond motifs is 1. The van der Waals surface area contributed by atoms with Gasteiger partial charge in [0.1, 0.15) is 11.4 Å². The predicted molar refractivity (Wildman–Crippen MR) is 97.2 cm³/mol. The van der Waals surface area contributed by atoms with Crippen LogP contribution in [0, 0.1) is 6.92 Å². The third-order valence-corrected chi connectivity index (χ3v) is 4.96. The number of amides is 1. The molecule has 1 aromatic heterocycles. The number of aryl methyl sites for hydroxylation is 1. The quantitative estimate of drug-likeness (QED) is 0.732. The number of carbonyl (C=O) groups is 2. The minimum absolute atomic E-state index is 0.0820. The van der Waals surface area contributed by atoms with Gasteiger partial charge in [-0.15, -0.1) is 11.3 Å². The molecule has 2 heterocycles. The van der Waals surface area contributed by atoms with Crippen molar-refractivity contribution in [3.05, 3.63) is 28.4 Å². The van der Waals surface area contributed by atoms with E-state index in [-0.39, 0.29) is 36.9 Å². The molecule has 0 bridgehead atoms. The number of esters is 1. The maximum absolute atomic E-state index is 12.6. The van der Waals surface area contributed by atoms with Crippen LogP contribution in [-0.4, -0.2) is 60.8 Å². The van der Waals surface area contributed by atoms with Crippen LogP contribution in [0.3, 0.4) is 0 Å². The van der Waals surface area contributed by atoms with Gasteiger partial charge in [0.05, 0.1) is 53.9 Å². The van der Waals surface area contributed by atoms with E-state index in [2.05, 4.69) is 10.3 Å². The molecule has 26 heavy (non-hydrogen) atoms. The SMILES string of the molecule is COC(=O)C1=C(Nc2cc3sc(C)nc3cc2OC)C(=O)N(CCO)C1. The number of methoxy groups -OCH3 is 2. The summed E-state index contributed by atoms with van der Waals surface area (Å²) in [4.78, 5) is 30.5. The fourth-order valence-electron chi connectivity index (χ4n) is 2.82. The van der Waals surface area contributed by atoms with E-state index in [1.54, 1.807) is 6.07 Å². The largest absolute Gasteiger partial charge is 0.494 e. The Kier molecular flexibility index (Phi) is 5.10. The number of aromatic nitrogens is 1. The molecule has 3 rings (SSSR count). The lowest BCUT2D eigenvalue weighted by molar-refractivity contribution is -0.136. The summed E-state index contributed by atoms with van der Waals surface area (Å²) in [5.74, 6) is -0.454. The van der Waals surface area contributed by atoms with Gasteiger partial charge in [0.15, 0.2) is 0 Å². The molecule has 1 aliphatic rings. The molecular weight excluding hydrogens is 358 g/mol. The lowest BCUT2D eigenvalue weighted by Crippen LogP contribution is -2.31. The van der Waals surface area contributed by atoms with E-state index in [4.69, 9.17) is 14.6 Å². The Hall–Kier alpha value is -2.65. The maximum atomic E-state index is 12.6. The summed E-state index contributed by atoms with van der Waals surface area (Å²) in [6, 6.07) is 3.62. The Morgan fingerprint density at radius 2 is 2.19 bits per heavy atom. The average Bonchev–Trinajstić information content (AvgIpc) is 3.14. The number of ether oxygens (including phenoxy) is 2. The zero-order chi connectivity index (χ0) is 18.8. The van der Waals surface area contributed by atoms with Gasteiger partial charge in [0, 0.05) is 12.6 Å². The van der Waals surface area contributed by atoms with Crippen LogP contribution in [-0.2, 0) is 14.3 Å². The Morgan fingerprint density at radius 1 is 1.42 bits per heavy atom. The summed E-state index contributed by atoms with van der Waals surface area (Å²) in [5.41, 5.74) is 1.70. The van der Waals surface area contributed by atoms with Crippen molar-refractivity contribution in [3.8, 4) is 5.75 Å². The lowest BCUT2D eigenvalue weighted by Gasteiger charge is -2.15. The summed E-state index contributed by atoms with van der Waals surface area (Å²) in [6.45, 7) is 1.94. The number of aliphatic hydroxyl groups excluding tert-OH is 1. The molecule has 2 aromatic rings. The number of hydrogen-bond donors (Lipinski definition) is 2. The van der Waals surface area contributed by atoms with Crippen LogP contribution in [0.1, 0.15) is 5.01 Å². The number of carbonyl (C=O) groups excluding carboxylic acids is 2. The molecule has 8 nitrogen and oxygen atoms in total. The smallest absolute Gasteiger partial charge is 0.337 e. The molecule has 0 atom stereocenters. The first-order chi connectivity index (χ1) is 12.5. The van der Waals surface area contributed by atoms with Crippen molar-refractivity contribution in [2.45, 2.75) is 6.92 Å². The third-order valence-electron chi connectivity index (χ3n) is 4.03.